The standard InChI is InChI=1S/C24H28F3N3O2S/c1-4-16-12-17(14-18(13-16)24(25,26)27)15(2)28(3)23(32)30-10-9-29-19(7-8-21(29)31)22(30)20-6-5-11-33-20/h5-6,11-15,19,22H,4,7-10H2,1-3H3/t15-,19+,22?/m1/s1. The number of hydrogen-bond donors (Lipinski definition) is 0. The van der Waals surface area contributed by atoms with Gasteiger partial charge in [0.05, 0.1) is 23.7 Å². The number of halogens is 3. The molecule has 1 aromatic heterocycles. The second kappa shape index (κ2) is 9.00. The number of urea groups is 1. The van der Waals surface area contributed by atoms with Crippen LogP contribution in [-0.2, 0) is 17.4 Å². The molecule has 5 nitrogen and oxygen atoms in total. The molecule has 0 N–H and O–H groups in total. The molecule has 9 heteroatoms. The fourth-order valence-corrected chi connectivity index (χ4v) is 5.77. The largest absolute Gasteiger partial charge is 0.416 e. The number of piperazine rings is 1. The summed E-state index contributed by atoms with van der Waals surface area (Å²) < 4.78 is 40.3. The SMILES string of the molecule is CCc1cc([C@@H](C)N(C)C(=O)N2CCN3C(=O)CC[C@H]3C2c2cccs2)cc(C(F)(F)F)c1. The van der Waals surface area contributed by atoms with E-state index < -0.39 is 17.8 Å². The van der Waals surface area contributed by atoms with Gasteiger partial charge in [0.25, 0.3) is 0 Å². The van der Waals surface area contributed by atoms with Crippen LogP contribution >= 0.6 is 11.3 Å². The Morgan fingerprint density at radius 1 is 1.27 bits per heavy atom. The number of aryl methyl sites for hydroxylation is 1. The highest BCUT2D eigenvalue weighted by atomic mass is 32.1. The zero-order chi connectivity index (χ0) is 23.9. The van der Waals surface area contributed by atoms with Crippen molar-refractivity contribution in [2.24, 2.45) is 0 Å². The van der Waals surface area contributed by atoms with Gasteiger partial charge in [-0.2, -0.15) is 13.2 Å². The van der Waals surface area contributed by atoms with Crippen molar-refractivity contribution in [1.29, 1.82) is 0 Å². The number of rotatable bonds is 4. The molecule has 3 atom stereocenters. The highest BCUT2D eigenvalue weighted by molar-refractivity contribution is 7.10. The van der Waals surface area contributed by atoms with Crippen molar-refractivity contribution in [1.82, 2.24) is 14.7 Å². The van der Waals surface area contributed by atoms with Crippen LogP contribution in [-0.4, -0.2) is 52.8 Å². The Morgan fingerprint density at radius 2 is 2.03 bits per heavy atom. The Morgan fingerprint density at radius 3 is 2.67 bits per heavy atom. The molecule has 4 rings (SSSR count). The van der Waals surface area contributed by atoms with Crippen molar-refractivity contribution in [3.05, 3.63) is 57.3 Å². The zero-order valence-corrected chi connectivity index (χ0v) is 19.7. The number of nitrogens with zero attached hydrogens (tertiary/aromatic N) is 3. The quantitative estimate of drug-likeness (QED) is 0.582. The highest BCUT2D eigenvalue weighted by Gasteiger charge is 2.46. The summed E-state index contributed by atoms with van der Waals surface area (Å²) in [6.07, 6.45) is -2.81. The number of benzene rings is 1. The van der Waals surface area contributed by atoms with Crippen LogP contribution in [0.5, 0.6) is 0 Å². The molecule has 0 spiro atoms. The Balaban J connectivity index is 1.62. The molecule has 178 valence electrons. The number of hydrogen-bond acceptors (Lipinski definition) is 3. The molecule has 33 heavy (non-hydrogen) atoms. The Kier molecular flexibility index (Phi) is 6.44. The van der Waals surface area contributed by atoms with Gasteiger partial charge in [-0.05, 0) is 54.5 Å². The predicted molar refractivity (Wildman–Crippen MR) is 121 cm³/mol. The van der Waals surface area contributed by atoms with Gasteiger partial charge in [0.15, 0.2) is 0 Å². The van der Waals surface area contributed by atoms with E-state index in [0.29, 0.717) is 43.5 Å². The number of thiophene rings is 1. The number of alkyl halides is 3. The maximum atomic E-state index is 13.7. The molecule has 1 aromatic carbocycles. The fourth-order valence-electron chi connectivity index (χ4n) is 4.87. The summed E-state index contributed by atoms with van der Waals surface area (Å²) >= 11 is 1.55. The Hall–Kier alpha value is -2.55. The minimum Gasteiger partial charge on any atom is -0.335 e. The fraction of sp³-hybridized carbons (Fsp3) is 0.500. The van der Waals surface area contributed by atoms with Crippen molar-refractivity contribution >= 4 is 23.3 Å². The molecule has 2 aliphatic heterocycles. The highest BCUT2D eigenvalue weighted by Crippen LogP contribution is 2.40. The van der Waals surface area contributed by atoms with Crippen molar-refractivity contribution in [3.63, 3.8) is 0 Å². The molecular weight excluding hydrogens is 451 g/mol. The van der Waals surface area contributed by atoms with Crippen molar-refractivity contribution in [2.75, 3.05) is 20.1 Å². The third-order valence-electron chi connectivity index (χ3n) is 6.85. The van der Waals surface area contributed by atoms with E-state index in [1.165, 1.54) is 11.0 Å². The predicted octanol–water partition coefficient (Wildman–Crippen LogP) is 5.49. The first-order chi connectivity index (χ1) is 15.6. The van der Waals surface area contributed by atoms with Crippen LogP contribution < -0.4 is 0 Å². The van der Waals surface area contributed by atoms with Gasteiger partial charge in [0.2, 0.25) is 5.91 Å². The lowest BCUT2D eigenvalue weighted by atomic mass is 9.98. The van der Waals surface area contributed by atoms with Gasteiger partial charge in [0.1, 0.15) is 0 Å². The van der Waals surface area contributed by atoms with Gasteiger partial charge >= 0.3 is 12.2 Å². The summed E-state index contributed by atoms with van der Waals surface area (Å²) in [5.74, 6) is 0.117. The lowest BCUT2D eigenvalue weighted by Crippen LogP contribution is -2.57. The summed E-state index contributed by atoms with van der Waals surface area (Å²) in [4.78, 5) is 32.2. The average Bonchev–Trinajstić information content (AvgIpc) is 3.46. The van der Waals surface area contributed by atoms with Crippen molar-refractivity contribution in [3.8, 4) is 0 Å². The van der Waals surface area contributed by atoms with Crippen LogP contribution in [0.2, 0.25) is 0 Å². The van der Waals surface area contributed by atoms with Crippen LogP contribution in [0.4, 0.5) is 18.0 Å². The molecule has 0 aliphatic carbocycles. The molecule has 2 fully saturated rings. The van der Waals surface area contributed by atoms with Crippen LogP contribution in [0.15, 0.2) is 35.7 Å². The monoisotopic (exact) mass is 479 g/mol. The third-order valence-corrected chi connectivity index (χ3v) is 7.80. The van der Waals surface area contributed by atoms with Gasteiger partial charge in [-0.15, -0.1) is 11.3 Å². The summed E-state index contributed by atoms with van der Waals surface area (Å²) in [5.41, 5.74) is 0.348. The van der Waals surface area contributed by atoms with E-state index in [4.69, 9.17) is 0 Å². The van der Waals surface area contributed by atoms with Crippen LogP contribution in [0, 0.1) is 0 Å². The van der Waals surface area contributed by atoms with E-state index in [9.17, 15) is 22.8 Å². The van der Waals surface area contributed by atoms with Gasteiger partial charge in [-0.25, -0.2) is 4.79 Å². The van der Waals surface area contributed by atoms with Crippen LogP contribution in [0.3, 0.4) is 0 Å². The number of carbonyl (C=O) groups is 2. The van der Waals surface area contributed by atoms with Gasteiger partial charge in [0, 0.05) is 31.4 Å². The van der Waals surface area contributed by atoms with Gasteiger partial charge < -0.3 is 14.7 Å². The second-order valence-corrected chi connectivity index (χ2v) is 9.71. The number of fused-ring (bicyclic) bond motifs is 1. The molecular formula is C24H28F3N3O2S. The van der Waals surface area contributed by atoms with Crippen LogP contribution in [0.1, 0.15) is 60.3 Å². The van der Waals surface area contributed by atoms with E-state index in [1.54, 1.807) is 36.3 Å². The first kappa shape index (κ1) is 23.6. The summed E-state index contributed by atoms with van der Waals surface area (Å²) in [5, 5.41) is 1.95. The maximum Gasteiger partial charge on any atom is 0.416 e. The van der Waals surface area contributed by atoms with Gasteiger partial charge in [-0.3, -0.25) is 4.79 Å². The average molecular weight is 480 g/mol. The summed E-state index contributed by atoms with van der Waals surface area (Å²) in [6.45, 7) is 4.43. The van der Waals surface area contributed by atoms with Crippen molar-refractivity contribution in [2.45, 2.75) is 57.4 Å². The van der Waals surface area contributed by atoms with E-state index in [-0.39, 0.29) is 24.0 Å². The van der Waals surface area contributed by atoms with E-state index in [0.717, 1.165) is 10.9 Å². The molecule has 0 saturated carbocycles. The lowest BCUT2D eigenvalue weighted by Gasteiger charge is -2.46. The van der Waals surface area contributed by atoms with Gasteiger partial charge in [-0.1, -0.05) is 19.1 Å². The second-order valence-electron chi connectivity index (χ2n) is 8.73. The van der Waals surface area contributed by atoms with E-state index >= 15 is 0 Å². The van der Waals surface area contributed by atoms with E-state index in [2.05, 4.69) is 0 Å². The lowest BCUT2D eigenvalue weighted by molar-refractivity contribution is -0.137. The summed E-state index contributed by atoms with van der Waals surface area (Å²) in [6, 6.07) is 6.85. The third kappa shape index (κ3) is 4.47. The molecule has 2 aliphatic rings. The van der Waals surface area contributed by atoms with E-state index in [1.807, 2.05) is 29.3 Å². The molecule has 2 aromatic rings. The molecule has 2 saturated heterocycles. The minimum absolute atomic E-state index is 0.0715. The minimum atomic E-state index is -4.45. The first-order valence-corrected chi connectivity index (χ1v) is 12.1. The topological polar surface area (TPSA) is 43.9 Å². The molecule has 3 amide bonds. The maximum absolute atomic E-state index is 13.7. The Labute approximate surface area is 195 Å². The molecule has 3 heterocycles. The number of carbonyl (C=O) groups excluding carboxylic acids is 2. The molecule has 1 unspecified atom stereocenters. The molecule has 0 bridgehead atoms. The zero-order valence-electron chi connectivity index (χ0n) is 18.9. The summed E-state index contributed by atoms with van der Waals surface area (Å²) in [7, 11) is 1.64. The van der Waals surface area contributed by atoms with Crippen molar-refractivity contribution < 1.29 is 22.8 Å². The normalized spacial score (nSPS) is 21.8. The smallest absolute Gasteiger partial charge is 0.335 e. The molecule has 0 radical (unpaired) electrons. The number of amides is 3. The first-order valence-electron chi connectivity index (χ1n) is 11.2. The Bertz CT molecular complexity index is 1020. The van der Waals surface area contributed by atoms with Crippen LogP contribution in [0.25, 0.3) is 0 Å².